The number of hydrogen-bond acceptors (Lipinski definition) is 3. The summed E-state index contributed by atoms with van der Waals surface area (Å²) in [5.74, 6) is 0.500. The Bertz CT molecular complexity index is 302. The SMILES string of the molecule is Cc1cc(NC(=O)NCCO)nn1C. The monoisotopic (exact) mass is 198 g/mol. The van der Waals surface area contributed by atoms with Gasteiger partial charge in [0.2, 0.25) is 0 Å². The van der Waals surface area contributed by atoms with Crippen molar-refractivity contribution in [3.8, 4) is 0 Å². The minimum Gasteiger partial charge on any atom is -0.395 e. The van der Waals surface area contributed by atoms with Crippen molar-refractivity contribution < 1.29 is 9.90 Å². The Balaban J connectivity index is 2.48. The zero-order valence-electron chi connectivity index (χ0n) is 8.24. The Labute approximate surface area is 81.9 Å². The number of anilines is 1. The number of carbonyl (C=O) groups is 1. The van der Waals surface area contributed by atoms with Crippen molar-refractivity contribution in [3.05, 3.63) is 11.8 Å². The van der Waals surface area contributed by atoms with Gasteiger partial charge in [-0.2, -0.15) is 5.10 Å². The van der Waals surface area contributed by atoms with E-state index in [4.69, 9.17) is 5.11 Å². The van der Waals surface area contributed by atoms with Crippen molar-refractivity contribution >= 4 is 11.8 Å². The van der Waals surface area contributed by atoms with Gasteiger partial charge in [0.05, 0.1) is 6.61 Å². The van der Waals surface area contributed by atoms with Crippen molar-refractivity contribution in [1.82, 2.24) is 15.1 Å². The number of amides is 2. The lowest BCUT2D eigenvalue weighted by Crippen LogP contribution is -2.31. The van der Waals surface area contributed by atoms with E-state index in [1.807, 2.05) is 6.92 Å². The number of aliphatic hydroxyl groups is 1. The van der Waals surface area contributed by atoms with E-state index in [1.165, 1.54) is 0 Å². The third-order valence-corrected chi connectivity index (χ3v) is 1.75. The van der Waals surface area contributed by atoms with E-state index in [2.05, 4.69) is 15.7 Å². The minimum atomic E-state index is -0.364. The number of aryl methyl sites for hydroxylation is 2. The molecule has 3 N–H and O–H groups in total. The zero-order valence-corrected chi connectivity index (χ0v) is 8.24. The quantitative estimate of drug-likeness (QED) is 0.631. The summed E-state index contributed by atoms with van der Waals surface area (Å²) in [6.07, 6.45) is 0. The van der Waals surface area contributed by atoms with E-state index >= 15 is 0 Å². The summed E-state index contributed by atoms with van der Waals surface area (Å²) in [5, 5.41) is 17.5. The maximum atomic E-state index is 11.1. The molecular formula is C8H14N4O2. The van der Waals surface area contributed by atoms with Gasteiger partial charge in [-0.1, -0.05) is 0 Å². The van der Waals surface area contributed by atoms with Crippen LogP contribution in [0.15, 0.2) is 6.07 Å². The molecule has 0 fully saturated rings. The fraction of sp³-hybridized carbons (Fsp3) is 0.500. The predicted molar refractivity (Wildman–Crippen MR) is 52.1 cm³/mol. The Morgan fingerprint density at radius 3 is 2.93 bits per heavy atom. The molecular weight excluding hydrogens is 184 g/mol. The second-order valence-electron chi connectivity index (χ2n) is 2.90. The van der Waals surface area contributed by atoms with Gasteiger partial charge in [0, 0.05) is 25.4 Å². The number of carbonyl (C=O) groups excluding carboxylic acids is 1. The molecule has 0 bridgehead atoms. The van der Waals surface area contributed by atoms with Gasteiger partial charge in [0.15, 0.2) is 5.82 Å². The molecule has 0 spiro atoms. The van der Waals surface area contributed by atoms with E-state index in [0.29, 0.717) is 5.82 Å². The number of urea groups is 1. The number of hydrogen-bond donors (Lipinski definition) is 3. The fourth-order valence-corrected chi connectivity index (χ4v) is 0.952. The second kappa shape index (κ2) is 4.61. The van der Waals surface area contributed by atoms with Gasteiger partial charge in [0.25, 0.3) is 0 Å². The van der Waals surface area contributed by atoms with Crippen molar-refractivity contribution in [2.24, 2.45) is 7.05 Å². The van der Waals surface area contributed by atoms with Gasteiger partial charge in [-0.25, -0.2) is 4.79 Å². The normalized spacial score (nSPS) is 9.93. The van der Waals surface area contributed by atoms with Gasteiger partial charge < -0.3 is 10.4 Å². The molecule has 0 aliphatic rings. The van der Waals surface area contributed by atoms with Crippen LogP contribution in [0.3, 0.4) is 0 Å². The molecule has 0 radical (unpaired) electrons. The summed E-state index contributed by atoms with van der Waals surface area (Å²) in [4.78, 5) is 11.1. The maximum Gasteiger partial charge on any atom is 0.320 e. The molecule has 6 nitrogen and oxygen atoms in total. The van der Waals surface area contributed by atoms with Crippen LogP contribution < -0.4 is 10.6 Å². The molecule has 0 atom stereocenters. The zero-order chi connectivity index (χ0) is 10.6. The summed E-state index contributed by atoms with van der Waals surface area (Å²) in [6, 6.07) is 1.40. The lowest BCUT2D eigenvalue weighted by molar-refractivity contribution is 0.244. The first-order valence-corrected chi connectivity index (χ1v) is 4.30. The van der Waals surface area contributed by atoms with Crippen LogP contribution >= 0.6 is 0 Å². The average molecular weight is 198 g/mol. The highest BCUT2D eigenvalue weighted by molar-refractivity contribution is 5.88. The molecule has 0 unspecified atom stereocenters. The lowest BCUT2D eigenvalue weighted by Gasteiger charge is -2.02. The van der Waals surface area contributed by atoms with Crippen LogP contribution in [0.5, 0.6) is 0 Å². The second-order valence-corrected chi connectivity index (χ2v) is 2.90. The Hall–Kier alpha value is -1.56. The molecule has 14 heavy (non-hydrogen) atoms. The van der Waals surface area contributed by atoms with E-state index in [1.54, 1.807) is 17.8 Å². The number of aromatic nitrogens is 2. The lowest BCUT2D eigenvalue weighted by atomic mass is 10.5. The summed E-state index contributed by atoms with van der Waals surface area (Å²) in [5.41, 5.74) is 0.961. The Kier molecular flexibility index (Phi) is 3.47. The molecule has 1 heterocycles. The van der Waals surface area contributed by atoms with E-state index < -0.39 is 0 Å². The molecule has 1 aromatic rings. The number of rotatable bonds is 3. The molecule has 2 amide bonds. The van der Waals surface area contributed by atoms with Crippen LogP contribution in [0, 0.1) is 6.92 Å². The van der Waals surface area contributed by atoms with Gasteiger partial charge in [0.1, 0.15) is 0 Å². The smallest absolute Gasteiger partial charge is 0.320 e. The predicted octanol–water partition coefficient (Wildman–Crippen LogP) is -0.158. The third kappa shape index (κ3) is 2.74. The Morgan fingerprint density at radius 1 is 1.71 bits per heavy atom. The van der Waals surface area contributed by atoms with E-state index in [-0.39, 0.29) is 19.2 Å². The van der Waals surface area contributed by atoms with Gasteiger partial charge in [-0.15, -0.1) is 0 Å². The fourth-order valence-electron chi connectivity index (χ4n) is 0.952. The average Bonchev–Trinajstić information content (AvgIpc) is 2.42. The van der Waals surface area contributed by atoms with Crippen LogP contribution in [0.2, 0.25) is 0 Å². The van der Waals surface area contributed by atoms with Crippen LogP contribution in [0.25, 0.3) is 0 Å². The van der Waals surface area contributed by atoms with Crippen molar-refractivity contribution in [2.75, 3.05) is 18.5 Å². The highest BCUT2D eigenvalue weighted by Gasteiger charge is 2.04. The number of nitrogens with one attached hydrogen (secondary N) is 2. The van der Waals surface area contributed by atoms with Crippen LogP contribution in [0.4, 0.5) is 10.6 Å². The molecule has 0 saturated heterocycles. The van der Waals surface area contributed by atoms with E-state index in [0.717, 1.165) is 5.69 Å². The highest BCUT2D eigenvalue weighted by atomic mass is 16.3. The maximum absolute atomic E-state index is 11.1. The number of nitrogens with zero attached hydrogens (tertiary/aromatic N) is 2. The van der Waals surface area contributed by atoms with Crippen molar-refractivity contribution in [3.63, 3.8) is 0 Å². The summed E-state index contributed by atoms with van der Waals surface area (Å²) >= 11 is 0. The molecule has 1 aromatic heterocycles. The molecule has 0 aliphatic heterocycles. The molecule has 6 heteroatoms. The Morgan fingerprint density at radius 2 is 2.43 bits per heavy atom. The van der Waals surface area contributed by atoms with E-state index in [9.17, 15) is 4.79 Å². The summed E-state index contributed by atoms with van der Waals surface area (Å²) < 4.78 is 1.67. The first-order valence-electron chi connectivity index (χ1n) is 4.30. The third-order valence-electron chi connectivity index (χ3n) is 1.75. The molecule has 78 valence electrons. The van der Waals surface area contributed by atoms with Crippen molar-refractivity contribution in [1.29, 1.82) is 0 Å². The minimum absolute atomic E-state index is 0.0747. The molecule has 0 saturated carbocycles. The largest absolute Gasteiger partial charge is 0.395 e. The highest BCUT2D eigenvalue weighted by Crippen LogP contribution is 2.05. The van der Waals surface area contributed by atoms with Crippen molar-refractivity contribution in [2.45, 2.75) is 6.92 Å². The van der Waals surface area contributed by atoms with Gasteiger partial charge in [-0.3, -0.25) is 10.00 Å². The first kappa shape index (κ1) is 10.5. The van der Waals surface area contributed by atoms with Crippen LogP contribution in [0.1, 0.15) is 5.69 Å². The standard InChI is InChI=1S/C8H14N4O2/c1-6-5-7(11-12(6)2)10-8(14)9-3-4-13/h5,13H,3-4H2,1-2H3,(H2,9,10,11,14). The van der Waals surface area contributed by atoms with Crippen LogP contribution in [-0.2, 0) is 7.05 Å². The molecule has 0 aliphatic carbocycles. The van der Waals surface area contributed by atoms with Crippen LogP contribution in [-0.4, -0.2) is 34.1 Å². The summed E-state index contributed by atoms with van der Waals surface area (Å²) in [6.45, 7) is 2.05. The molecule has 0 aromatic carbocycles. The number of aliphatic hydroxyl groups excluding tert-OH is 1. The van der Waals surface area contributed by atoms with Gasteiger partial charge >= 0.3 is 6.03 Å². The summed E-state index contributed by atoms with van der Waals surface area (Å²) in [7, 11) is 1.80. The first-order chi connectivity index (χ1) is 6.63. The van der Waals surface area contributed by atoms with Gasteiger partial charge in [-0.05, 0) is 6.92 Å². The molecule has 1 rings (SSSR count). The topological polar surface area (TPSA) is 79.2 Å².